The molecule has 1 aromatic carbocycles. The highest BCUT2D eigenvalue weighted by Crippen LogP contribution is 2.26. The minimum Gasteiger partial charge on any atom is -0.481 e. The molecule has 1 N–H and O–H groups in total. The molecule has 2 aromatic rings. The molecule has 2 rings (SSSR count). The number of thiophene rings is 1. The van der Waals surface area contributed by atoms with Crippen molar-refractivity contribution in [1.82, 2.24) is 4.90 Å². The highest BCUT2D eigenvalue weighted by molar-refractivity contribution is 7.17. The molecule has 0 aliphatic rings. The minimum atomic E-state index is -0.815. The number of aliphatic carboxylic acids is 1. The van der Waals surface area contributed by atoms with Crippen molar-refractivity contribution in [1.29, 1.82) is 0 Å². The molecule has 1 heterocycles. The third-order valence-corrected chi connectivity index (χ3v) is 4.72. The SMILES string of the molecule is CN(CCCC(=O)O)C(=O)CCCc1csc2ccccc12. The quantitative estimate of drug-likeness (QED) is 0.809. The van der Waals surface area contributed by atoms with Gasteiger partial charge in [0.1, 0.15) is 0 Å². The van der Waals surface area contributed by atoms with E-state index in [4.69, 9.17) is 5.11 Å². The maximum absolute atomic E-state index is 12.0. The average molecular weight is 319 g/mol. The van der Waals surface area contributed by atoms with Crippen LogP contribution in [0.3, 0.4) is 0 Å². The smallest absolute Gasteiger partial charge is 0.303 e. The molecule has 1 aromatic heterocycles. The molecule has 1 amide bonds. The topological polar surface area (TPSA) is 57.6 Å². The van der Waals surface area contributed by atoms with Crippen LogP contribution in [-0.4, -0.2) is 35.5 Å². The van der Waals surface area contributed by atoms with Gasteiger partial charge in [-0.15, -0.1) is 11.3 Å². The van der Waals surface area contributed by atoms with Gasteiger partial charge in [-0.2, -0.15) is 0 Å². The van der Waals surface area contributed by atoms with Gasteiger partial charge in [-0.3, -0.25) is 9.59 Å². The van der Waals surface area contributed by atoms with Crippen molar-refractivity contribution in [3.05, 3.63) is 35.2 Å². The maximum atomic E-state index is 12.0. The Morgan fingerprint density at radius 2 is 1.95 bits per heavy atom. The summed E-state index contributed by atoms with van der Waals surface area (Å²) in [7, 11) is 1.74. The van der Waals surface area contributed by atoms with Crippen LogP contribution in [-0.2, 0) is 16.0 Å². The van der Waals surface area contributed by atoms with E-state index < -0.39 is 5.97 Å². The number of aryl methyl sites for hydroxylation is 1. The van der Waals surface area contributed by atoms with Crippen molar-refractivity contribution < 1.29 is 14.7 Å². The highest BCUT2D eigenvalue weighted by Gasteiger charge is 2.10. The number of nitrogens with zero attached hydrogens (tertiary/aromatic N) is 1. The third-order valence-electron chi connectivity index (χ3n) is 3.71. The number of amides is 1. The van der Waals surface area contributed by atoms with Crippen LogP contribution in [0.1, 0.15) is 31.2 Å². The van der Waals surface area contributed by atoms with Gasteiger partial charge in [0.05, 0.1) is 0 Å². The van der Waals surface area contributed by atoms with Crippen LogP contribution in [0.25, 0.3) is 10.1 Å². The normalized spacial score (nSPS) is 10.8. The average Bonchev–Trinajstić information content (AvgIpc) is 2.90. The van der Waals surface area contributed by atoms with Crippen LogP contribution in [0.15, 0.2) is 29.6 Å². The first-order valence-corrected chi connectivity index (χ1v) is 8.37. The lowest BCUT2D eigenvalue weighted by Crippen LogP contribution is -2.27. The van der Waals surface area contributed by atoms with Crippen molar-refractivity contribution in [2.45, 2.75) is 32.1 Å². The van der Waals surface area contributed by atoms with Crippen LogP contribution in [0, 0.1) is 0 Å². The fraction of sp³-hybridized carbons (Fsp3) is 0.412. The van der Waals surface area contributed by atoms with E-state index in [1.165, 1.54) is 15.6 Å². The van der Waals surface area contributed by atoms with Gasteiger partial charge in [0.15, 0.2) is 0 Å². The van der Waals surface area contributed by atoms with Gasteiger partial charge in [-0.05, 0) is 41.7 Å². The first kappa shape index (κ1) is 16.5. The number of carbonyl (C=O) groups is 2. The summed E-state index contributed by atoms with van der Waals surface area (Å²) >= 11 is 1.74. The molecule has 4 nitrogen and oxygen atoms in total. The summed E-state index contributed by atoms with van der Waals surface area (Å²) in [6.45, 7) is 0.506. The van der Waals surface area contributed by atoms with Gasteiger partial charge in [-0.1, -0.05) is 18.2 Å². The summed E-state index contributed by atoms with van der Waals surface area (Å²) in [5, 5.41) is 12.1. The largest absolute Gasteiger partial charge is 0.481 e. The monoisotopic (exact) mass is 319 g/mol. The van der Waals surface area contributed by atoms with E-state index in [0.717, 1.165) is 12.8 Å². The van der Waals surface area contributed by atoms with Crippen molar-refractivity contribution in [3.8, 4) is 0 Å². The second-order valence-electron chi connectivity index (χ2n) is 5.42. The Morgan fingerprint density at radius 3 is 2.73 bits per heavy atom. The van der Waals surface area contributed by atoms with Crippen LogP contribution < -0.4 is 0 Å². The zero-order chi connectivity index (χ0) is 15.9. The maximum Gasteiger partial charge on any atom is 0.303 e. The number of carboxylic acids is 1. The molecular formula is C17H21NO3S. The Balaban J connectivity index is 1.76. The fourth-order valence-corrected chi connectivity index (χ4v) is 3.44. The van der Waals surface area contributed by atoms with Crippen LogP contribution in [0.2, 0.25) is 0 Å². The molecule has 22 heavy (non-hydrogen) atoms. The number of benzene rings is 1. The van der Waals surface area contributed by atoms with Crippen LogP contribution >= 0.6 is 11.3 Å². The molecular weight excluding hydrogens is 298 g/mol. The molecule has 0 bridgehead atoms. The van der Waals surface area contributed by atoms with Gasteiger partial charge in [-0.25, -0.2) is 0 Å². The number of fused-ring (bicyclic) bond motifs is 1. The van der Waals surface area contributed by atoms with E-state index in [1.54, 1.807) is 23.3 Å². The van der Waals surface area contributed by atoms with Gasteiger partial charge in [0.2, 0.25) is 5.91 Å². The summed E-state index contributed by atoms with van der Waals surface area (Å²) in [5.74, 6) is -0.727. The van der Waals surface area contributed by atoms with Crippen LogP contribution in [0.5, 0.6) is 0 Å². The Hall–Kier alpha value is -1.88. The van der Waals surface area contributed by atoms with Gasteiger partial charge in [0.25, 0.3) is 0 Å². The summed E-state index contributed by atoms with van der Waals surface area (Å²) in [4.78, 5) is 24.1. The molecule has 118 valence electrons. The first-order valence-electron chi connectivity index (χ1n) is 7.49. The summed E-state index contributed by atoms with van der Waals surface area (Å²) < 4.78 is 1.29. The lowest BCUT2D eigenvalue weighted by atomic mass is 10.1. The summed E-state index contributed by atoms with van der Waals surface area (Å²) in [5.41, 5.74) is 1.31. The summed E-state index contributed by atoms with van der Waals surface area (Å²) in [6.07, 6.45) is 2.85. The molecule has 0 fully saturated rings. The Labute approximate surface area is 134 Å². The molecule has 0 unspecified atom stereocenters. The van der Waals surface area contributed by atoms with Crippen molar-refractivity contribution >= 4 is 33.3 Å². The van der Waals surface area contributed by atoms with E-state index in [-0.39, 0.29) is 12.3 Å². The predicted molar refractivity (Wildman–Crippen MR) is 89.3 cm³/mol. The molecule has 0 radical (unpaired) electrons. The van der Waals surface area contributed by atoms with E-state index in [9.17, 15) is 9.59 Å². The lowest BCUT2D eigenvalue weighted by Gasteiger charge is -2.16. The highest BCUT2D eigenvalue weighted by atomic mass is 32.1. The van der Waals surface area contributed by atoms with Crippen LogP contribution in [0.4, 0.5) is 0 Å². The lowest BCUT2D eigenvalue weighted by molar-refractivity contribution is -0.138. The van der Waals surface area contributed by atoms with E-state index >= 15 is 0 Å². The molecule has 0 aliphatic carbocycles. The molecule has 0 saturated carbocycles. The predicted octanol–water partition coefficient (Wildman–Crippen LogP) is 3.55. The minimum absolute atomic E-state index is 0.0879. The fourth-order valence-electron chi connectivity index (χ4n) is 2.44. The second kappa shape index (κ2) is 7.94. The number of carbonyl (C=O) groups excluding carboxylic acids is 1. The van der Waals surface area contributed by atoms with E-state index in [1.807, 2.05) is 12.1 Å². The van der Waals surface area contributed by atoms with Gasteiger partial charge in [0, 0.05) is 31.1 Å². The van der Waals surface area contributed by atoms with Gasteiger partial charge >= 0.3 is 5.97 Å². The van der Waals surface area contributed by atoms with Crippen molar-refractivity contribution in [2.24, 2.45) is 0 Å². The van der Waals surface area contributed by atoms with Crippen molar-refractivity contribution in [2.75, 3.05) is 13.6 Å². The molecule has 0 atom stereocenters. The Kier molecular flexibility index (Phi) is 5.95. The van der Waals surface area contributed by atoms with E-state index in [2.05, 4.69) is 17.5 Å². The van der Waals surface area contributed by atoms with E-state index in [0.29, 0.717) is 19.4 Å². The molecule has 0 spiro atoms. The zero-order valence-corrected chi connectivity index (χ0v) is 13.6. The molecule has 0 saturated heterocycles. The molecule has 5 heteroatoms. The molecule has 0 aliphatic heterocycles. The van der Waals surface area contributed by atoms with Gasteiger partial charge < -0.3 is 10.0 Å². The third kappa shape index (κ3) is 4.56. The number of rotatable bonds is 8. The van der Waals surface area contributed by atoms with Crippen molar-refractivity contribution in [3.63, 3.8) is 0 Å². The first-order chi connectivity index (χ1) is 10.6. The number of hydrogen-bond donors (Lipinski definition) is 1. The standard InChI is InChI=1S/C17H21NO3S/c1-18(11-5-10-17(20)21)16(19)9-4-6-13-12-22-15-8-3-2-7-14(13)15/h2-3,7-8,12H,4-6,9-11H2,1H3,(H,20,21). The number of carboxylic acid groups (broad SMARTS) is 1. The Bertz CT molecular complexity index is 650. The number of hydrogen-bond acceptors (Lipinski definition) is 3. The summed E-state index contributed by atoms with van der Waals surface area (Å²) in [6, 6.07) is 8.32. The second-order valence-corrected chi connectivity index (χ2v) is 6.33. The Morgan fingerprint density at radius 1 is 1.18 bits per heavy atom. The zero-order valence-electron chi connectivity index (χ0n) is 12.7.